The van der Waals surface area contributed by atoms with Crippen molar-refractivity contribution in [2.24, 2.45) is 5.41 Å². The standard InChI is InChI=1S/C13H17F2N3O2S.C5H9FO.C2H6/c1-9-10(3-4-11(17-9)12(2,14)15)21(19,20)18-7-13(8-18)5-16-6-13;6-5-2-1-3-7-4-5;1-2/h3-4,16H,5-8H2,1-2H3;5H,1-4H2;1-2H3/t;5-;/m.1./s1. The average Bonchev–Trinajstić information content (AvgIpc) is 2.61. The number of pyridine rings is 1. The molecule has 3 fully saturated rings. The minimum Gasteiger partial charge on any atom is -0.378 e. The summed E-state index contributed by atoms with van der Waals surface area (Å²) in [5.74, 6) is -3.08. The number of aryl methyl sites for hydroxylation is 1. The number of nitrogens with one attached hydrogen (secondary N) is 1. The summed E-state index contributed by atoms with van der Waals surface area (Å²) in [6.07, 6.45) is 0.898. The highest BCUT2D eigenvalue weighted by Gasteiger charge is 2.52. The van der Waals surface area contributed by atoms with E-state index in [1.807, 2.05) is 13.8 Å². The maximum Gasteiger partial charge on any atom is 0.286 e. The number of nitrogens with zero attached hydrogens (tertiary/aromatic N) is 2. The lowest BCUT2D eigenvalue weighted by Crippen LogP contribution is -2.71. The van der Waals surface area contributed by atoms with Crippen LogP contribution in [0.15, 0.2) is 17.0 Å². The Morgan fingerprint density at radius 1 is 1.27 bits per heavy atom. The number of alkyl halides is 3. The Morgan fingerprint density at radius 2 is 1.90 bits per heavy atom. The Kier molecular flexibility index (Phi) is 8.29. The van der Waals surface area contributed by atoms with Crippen molar-refractivity contribution in [1.29, 1.82) is 0 Å². The van der Waals surface area contributed by atoms with Crippen LogP contribution in [0, 0.1) is 12.3 Å². The monoisotopic (exact) mass is 451 g/mol. The highest BCUT2D eigenvalue weighted by molar-refractivity contribution is 7.89. The van der Waals surface area contributed by atoms with Crippen LogP contribution >= 0.6 is 0 Å². The summed E-state index contributed by atoms with van der Waals surface area (Å²) in [5.41, 5.74) is -0.228. The highest BCUT2D eigenvalue weighted by Crippen LogP contribution is 2.38. The van der Waals surface area contributed by atoms with Gasteiger partial charge in [-0.05, 0) is 31.9 Å². The van der Waals surface area contributed by atoms with Gasteiger partial charge >= 0.3 is 0 Å². The molecular formula is C20H32F3N3O3S. The van der Waals surface area contributed by atoms with E-state index >= 15 is 0 Å². The molecule has 0 amide bonds. The van der Waals surface area contributed by atoms with Crippen LogP contribution in [0.25, 0.3) is 0 Å². The van der Waals surface area contributed by atoms with Crippen LogP contribution in [0.1, 0.15) is 45.0 Å². The minimum atomic E-state index is -3.64. The van der Waals surface area contributed by atoms with Gasteiger partial charge in [0.2, 0.25) is 10.0 Å². The molecule has 0 aromatic carbocycles. The number of ether oxygens (including phenoxy) is 1. The molecule has 0 unspecified atom stereocenters. The van der Waals surface area contributed by atoms with Crippen molar-refractivity contribution >= 4 is 10.0 Å². The number of halogens is 3. The van der Waals surface area contributed by atoms with E-state index in [9.17, 15) is 21.6 Å². The molecule has 1 aromatic heterocycles. The van der Waals surface area contributed by atoms with Crippen molar-refractivity contribution in [3.05, 3.63) is 23.5 Å². The van der Waals surface area contributed by atoms with Crippen LogP contribution in [-0.4, -0.2) is 63.3 Å². The quantitative estimate of drug-likeness (QED) is 0.764. The Labute approximate surface area is 177 Å². The zero-order chi connectivity index (χ0) is 22.6. The van der Waals surface area contributed by atoms with E-state index in [1.54, 1.807) is 0 Å². The van der Waals surface area contributed by atoms with Crippen molar-refractivity contribution in [3.8, 4) is 0 Å². The molecule has 3 saturated heterocycles. The highest BCUT2D eigenvalue weighted by atomic mass is 32.2. The lowest BCUT2D eigenvalue weighted by atomic mass is 9.76. The predicted molar refractivity (Wildman–Crippen MR) is 109 cm³/mol. The first-order chi connectivity index (χ1) is 14.0. The van der Waals surface area contributed by atoms with Crippen molar-refractivity contribution in [1.82, 2.24) is 14.6 Å². The van der Waals surface area contributed by atoms with E-state index in [0.29, 0.717) is 26.1 Å². The van der Waals surface area contributed by atoms with Gasteiger partial charge in [0.15, 0.2) is 0 Å². The lowest BCUT2D eigenvalue weighted by molar-refractivity contribution is 0.0122. The fraction of sp³-hybridized carbons (Fsp3) is 0.750. The van der Waals surface area contributed by atoms with Gasteiger partial charge in [0.25, 0.3) is 5.92 Å². The second-order valence-corrected chi connectivity index (χ2v) is 9.77. The SMILES string of the molecule is CC.Cc1nc(C(C)(F)F)ccc1S(=O)(=O)N1CC2(CNC2)C1.F[C@@H]1CCCOC1. The van der Waals surface area contributed by atoms with Crippen LogP contribution in [0.2, 0.25) is 0 Å². The van der Waals surface area contributed by atoms with Gasteiger partial charge in [0.1, 0.15) is 16.8 Å². The van der Waals surface area contributed by atoms with E-state index in [4.69, 9.17) is 4.74 Å². The molecule has 1 aromatic rings. The fourth-order valence-electron chi connectivity index (χ4n) is 3.48. The first-order valence-corrected chi connectivity index (χ1v) is 11.8. The molecule has 0 aliphatic carbocycles. The zero-order valence-corrected chi connectivity index (χ0v) is 18.9. The third-order valence-electron chi connectivity index (χ3n) is 5.23. The van der Waals surface area contributed by atoms with Crippen LogP contribution < -0.4 is 5.32 Å². The summed E-state index contributed by atoms with van der Waals surface area (Å²) in [5, 5.41) is 3.13. The Hall–Kier alpha value is -1.23. The van der Waals surface area contributed by atoms with Gasteiger partial charge in [-0.15, -0.1) is 0 Å². The van der Waals surface area contributed by atoms with E-state index in [-0.39, 0.29) is 16.0 Å². The zero-order valence-electron chi connectivity index (χ0n) is 18.1. The Bertz CT molecular complexity index is 797. The molecule has 10 heteroatoms. The Morgan fingerprint density at radius 3 is 2.27 bits per heavy atom. The van der Waals surface area contributed by atoms with Gasteiger partial charge in [-0.1, -0.05) is 13.8 Å². The third-order valence-corrected chi connectivity index (χ3v) is 7.16. The molecule has 0 bridgehead atoms. The molecule has 1 N–H and O–H groups in total. The van der Waals surface area contributed by atoms with Gasteiger partial charge in [-0.3, -0.25) is 4.98 Å². The molecule has 4 heterocycles. The van der Waals surface area contributed by atoms with Crippen molar-refractivity contribution in [2.75, 3.05) is 39.4 Å². The third kappa shape index (κ3) is 5.72. The second-order valence-electron chi connectivity index (χ2n) is 7.86. The van der Waals surface area contributed by atoms with Gasteiger partial charge < -0.3 is 10.1 Å². The molecule has 30 heavy (non-hydrogen) atoms. The van der Waals surface area contributed by atoms with Crippen molar-refractivity contribution in [3.63, 3.8) is 0 Å². The molecule has 4 rings (SSSR count). The topological polar surface area (TPSA) is 71.5 Å². The molecule has 1 atom stereocenters. The van der Waals surface area contributed by atoms with E-state index < -0.39 is 27.8 Å². The van der Waals surface area contributed by atoms with Gasteiger partial charge in [0.05, 0.1) is 12.3 Å². The van der Waals surface area contributed by atoms with E-state index in [2.05, 4.69) is 10.3 Å². The molecule has 172 valence electrons. The molecule has 0 radical (unpaired) electrons. The minimum absolute atomic E-state index is 0.0117. The first kappa shape index (κ1) is 25.0. The van der Waals surface area contributed by atoms with Crippen molar-refractivity contribution < 1.29 is 26.3 Å². The van der Waals surface area contributed by atoms with E-state index in [1.165, 1.54) is 17.3 Å². The maximum absolute atomic E-state index is 13.2. The summed E-state index contributed by atoms with van der Waals surface area (Å²) >= 11 is 0. The maximum atomic E-state index is 13.2. The van der Waals surface area contributed by atoms with Crippen LogP contribution in [0.3, 0.4) is 0 Å². The smallest absolute Gasteiger partial charge is 0.286 e. The van der Waals surface area contributed by atoms with Crippen LogP contribution in [-0.2, 0) is 20.7 Å². The van der Waals surface area contributed by atoms with Crippen LogP contribution in [0.5, 0.6) is 0 Å². The summed E-state index contributed by atoms with van der Waals surface area (Å²) in [7, 11) is -3.64. The lowest BCUT2D eigenvalue weighted by Gasteiger charge is -2.55. The summed E-state index contributed by atoms with van der Waals surface area (Å²) < 4.78 is 69.7. The van der Waals surface area contributed by atoms with Gasteiger partial charge in [0, 0.05) is 45.1 Å². The molecule has 3 aliphatic heterocycles. The second kappa shape index (κ2) is 9.93. The first-order valence-electron chi connectivity index (χ1n) is 10.3. The number of hydrogen-bond acceptors (Lipinski definition) is 5. The van der Waals surface area contributed by atoms with Gasteiger partial charge in [-0.25, -0.2) is 12.8 Å². The number of sulfonamides is 1. The summed E-state index contributed by atoms with van der Waals surface area (Å²) in [6.45, 7) is 9.88. The average molecular weight is 452 g/mol. The fourth-order valence-corrected chi connectivity index (χ4v) is 5.30. The molecule has 1 spiro atoms. The Balaban J connectivity index is 0.000000299. The number of rotatable bonds is 3. The number of hydrogen-bond donors (Lipinski definition) is 1. The van der Waals surface area contributed by atoms with Crippen molar-refractivity contribution in [2.45, 2.75) is 57.5 Å². The molecule has 0 saturated carbocycles. The molecule has 6 nitrogen and oxygen atoms in total. The normalized spacial score (nSPS) is 23.2. The molecular weight excluding hydrogens is 419 g/mol. The van der Waals surface area contributed by atoms with Gasteiger partial charge in [-0.2, -0.15) is 13.1 Å². The summed E-state index contributed by atoms with van der Waals surface area (Å²) in [6, 6.07) is 2.31. The largest absolute Gasteiger partial charge is 0.378 e. The number of aromatic nitrogens is 1. The van der Waals surface area contributed by atoms with Crippen LogP contribution in [0.4, 0.5) is 13.2 Å². The van der Waals surface area contributed by atoms with E-state index in [0.717, 1.165) is 39.1 Å². The molecule has 3 aliphatic rings. The predicted octanol–water partition coefficient (Wildman–Crippen LogP) is 3.26. The summed E-state index contributed by atoms with van der Waals surface area (Å²) in [4.78, 5) is 3.77.